The van der Waals surface area contributed by atoms with Crippen LogP contribution < -0.4 is 5.32 Å². The van der Waals surface area contributed by atoms with Gasteiger partial charge in [0, 0.05) is 0 Å². The van der Waals surface area contributed by atoms with Crippen LogP contribution in [0.1, 0.15) is 45.2 Å². The van der Waals surface area contributed by atoms with Gasteiger partial charge in [-0.25, -0.2) is 9.67 Å². The summed E-state index contributed by atoms with van der Waals surface area (Å²) < 4.78 is 1.71. The maximum absolute atomic E-state index is 12.2. The quantitative estimate of drug-likeness (QED) is 0.753. The zero-order chi connectivity index (χ0) is 16.7. The molecule has 0 radical (unpaired) electrons. The van der Waals surface area contributed by atoms with Crippen LogP contribution in [0.2, 0.25) is 0 Å². The Hall–Kier alpha value is -1.82. The van der Waals surface area contributed by atoms with Gasteiger partial charge in [0.1, 0.15) is 12.7 Å². The predicted octanol–water partition coefficient (Wildman–Crippen LogP) is 3.37. The van der Waals surface area contributed by atoms with Crippen LogP contribution in [0.15, 0.2) is 36.9 Å². The molecule has 2 rings (SSSR count). The number of rotatable bonds is 8. The van der Waals surface area contributed by atoms with E-state index in [-0.39, 0.29) is 17.2 Å². The molecule has 2 aromatic rings. The van der Waals surface area contributed by atoms with Crippen molar-refractivity contribution in [3.63, 3.8) is 0 Å². The highest BCUT2D eigenvalue weighted by atomic mass is 32.2. The first kappa shape index (κ1) is 17.5. The molecule has 0 saturated carbocycles. The predicted molar refractivity (Wildman–Crippen MR) is 94.7 cm³/mol. The normalized spacial score (nSPS) is 13.5. The number of nitrogens with zero attached hydrogens (tertiary/aromatic N) is 3. The van der Waals surface area contributed by atoms with E-state index < -0.39 is 0 Å². The monoisotopic (exact) mass is 332 g/mol. The molecule has 124 valence electrons. The van der Waals surface area contributed by atoms with E-state index in [1.54, 1.807) is 22.8 Å². The van der Waals surface area contributed by atoms with Crippen molar-refractivity contribution >= 4 is 17.7 Å². The minimum absolute atomic E-state index is 0.0125. The lowest BCUT2D eigenvalue weighted by Crippen LogP contribution is -2.33. The Labute approximate surface area is 141 Å². The number of aromatic nitrogens is 3. The van der Waals surface area contributed by atoms with Crippen LogP contribution in [0.4, 0.5) is 0 Å². The maximum Gasteiger partial charge on any atom is 0.233 e. The Bertz CT molecular complexity index is 598. The maximum atomic E-state index is 12.2. The van der Waals surface area contributed by atoms with Gasteiger partial charge < -0.3 is 5.32 Å². The molecule has 23 heavy (non-hydrogen) atoms. The number of carbonyl (C=O) groups is 1. The van der Waals surface area contributed by atoms with E-state index in [0.29, 0.717) is 0 Å². The van der Waals surface area contributed by atoms with Crippen molar-refractivity contribution in [1.29, 1.82) is 0 Å². The average Bonchev–Trinajstić information content (AvgIpc) is 3.09. The molecule has 1 N–H and O–H groups in total. The highest BCUT2D eigenvalue weighted by molar-refractivity contribution is 8.00. The molecule has 0 aliphatic carbocycles. The van der Waals surface area contributed by atoms with Gasteiger partial charge in [-0.15, -0.1) is 11.8 Å². The smallest absolute Gasteiger partial charge is 0.233 e. The molecular weight excluding hydrogens is 308 g/mol. The average molecular weight is 332 g/mol. The molecule has 0 bridgehead atoms. The van der Waals surface area contributed by atoms with E-state index in [2.05, 4.69) is 22.3 Å². The fourth-order valence-corrected chi connectivity index (χ4v) is 3.18. The first-order valence-electron chi connectivity index (χ1n) is 7.98. The van der Waals surface area contributed by atoms with E-state index in [1.165, 1.54) is 6.33 Å². The van der Waals surface area contributed by atoms with Crippen LogP contribution in [-0.4, -0.2) is 31.7 Å². The van der Waals surface area contributed by atoms with E-state index in [9.17, 15) is 4.79 Å². The Kier molecular flexibility index (Phi) is 6.65. The molecule has 6 heteroatoms. The van der Waals surface area contributed by atoms with Gasteiger partial charge in [-0.2, -0.15) is 5.10 Å². The molecule has 0 spiro atoms. The van der Waals surface area contributed by atoms with Gasteiger partial charge in [0.15, 0.2) is 0 Å². The number of hydrogen-bond donors (Lipinski definition) is 1. The van der Waals surface area contributed by atoms with Crippen LogP contribution in [0.3, 0.4) is 0 Å². The van der Waals surface area contributed by atoms with E-state index in [1.807, 2.05) is 38.1 Å². The van der Waals surface area contributed by atoms with Crippen LogP contribution >= 0.6 is 11.8 Å². The summed E-state index contributed by atoms with van der Waals surface area (Å²) >= 11 is 1.72. The SMILES string of the molecule is CCCCS[C@@H](C)C(=O)N[C@@H](C)c1ccc(-n2cncn2)cc1. The number of benzene rings is 1. The molecule has 1 aromatic heterocycles. The van der Waals surface area contributed by atoms with Gasteiger partial charge in [0.25, 0.3) is 0 Å². The summed E-state index contributed by atoms with van der Waals surface area (Å²) in [6.07, 6.45) is 5.49. The molecule has 0 fully saturated rings. The topological polar surface area (TPSA) is 59.8 Å². The van der Waals surface area contributed by atoms with E-state index >= 15 is 0 Å². The third kappa shape index (κ3) is 5.10. The minimum atomic E-state index is -0.0154. The molecule has 1 amide bonds. The number of thioether (sulfide) groups is 1. The number of amides is 1. The molecule has 0 aliphatic rings. The Morgan fingerprint density at radius 3 is 2.65 bits per heavy atom. The standard InChI is InChI=1S/C17H24N4OS/c1-4-5-10-23-14(3)17(22)20-13(2)15-6-8-16(9-7-15)21-12-18-11-19-21/h6-9,11-14H,4-5,10H2,1-3H3,(H,20,22)/t13-,14-/m0/s1. The number of hydrogen-bond acceptors (Lipinski definition) is 4. The second-order valence-corrected chi connectivity index (χ2v) is 6.98. The molecular formula is C17H24N4OS. The van der Waals surface area contributed by atoms with Gasteiger partial charge >= 0.3 is 0 Å². The lowest BCUT2D eigenvalue weighted by atomic mass is 10.1. The zero-order valence-electron chi connectivity index (χ0n) is 13.9. The van der Waals surface area contributed by atoms with Gasteiger partial charge in [0.05, 0.1) is 17.0 Å². The fourth-order valence-electron chi connectivity index (χ4n) is 2.15. The molecule has 0 aliphatic heterocycles. The van der Waals surface area contributed by atoms with Crippen LogP contribution in [0.5, 0.6) is 0 Å². The first-order valence-corrected chi connectivity index (χ1v) is 9.03. The van der Waals surface area contributed by atoms with Crippen molar-refractivity contribution in [2.45, 2.75) is 44.9 Å². The van der Waals surface area contributed by atoms with E-state index in [4.69, 9.17) is 0 Å². The third-order valence-corrected chi connectivity index (χ3v) is 4.91. The number of unbranched alkanes of at least 4 members (excludes halogenated alkanes) is 1. The highest BCUT2D eigenvalue weighted by Gasteiger charge is 2.16. The molecule has 5 nitrogen and oxygen atoms in total. The van der Waals surface area contributed by atoms with Gasteiger partial charge in [0.2, 0.25) is 5.91 Å². The fraction of sp³-hybridized carbons (Fsp3) is 0.471. The van der Waals surface area contributed by atoms with Gasteiger partial charge in [-0.3, -0.25) is 4.79 Å². The van der Waals surface area contributed by atoms with Crippen LogP contribution in [0.25, 0.3) is 5.69 Å². The van der Waals surface area contributed by atoms with Crippen molar-refractivity contribution in [3.05, 3.63) is 42.5 Å². The minimum Gasteiger partial charge on any atom is -0.349 e. The summed E-state index contributed by atoms with van der Waals surface area (Å²) in [4.78, 5) is 16.2. The molecule has 0 saturated heterocycles. The summed E-state index contributed by atoms with van der Waals surface area (Å²) in [6, 6.07) is 7.97. The summed E-state index contributed by atoms with van der Waals surface area (Å²) in [5.41, 5.74) is 2.03. The molecule has 1 aromatic carbocycles. The number of nitrogens with one attached hydrogen (secondary N) is 1. The Morgan fingerprint density at radius 2 is 2.04 bits per heavy atom. The second-order valence-electron chi connectivity index (χ2n) is 5.53. The highest BCUT2D eigenvalue weighted by Crippen LogP contribution is 2.18. The zero-order valence-corrected chi connectivity index (χ0v) is 14.7. The molecule has 2 atom stereocenters. The second kappa shape index (κ2) is 8.72. The lowest BCUT2D eigenvalue weighted by molar-refractivity contribution is -0.120. The largest absolute Gasteiger partial charge is 0.349 e. The third-order valence-electron chi connectivity index (χ3n) is 3.67. The lowest BCUT2D eigenvalue weighted by Gasteiger charge is -2.18. The van der Waals surface area contributed by atoms with Crippen molar-refractivity contribution in [2.24, 2.45) is 0 Å². The summed E-state index contributed by atoms with van der Waals surface area (Å²) in [5.74, 6) is 1.13. The molecule has 1 heterocycles. The summed E-state index contributed by atoms with van der Waals surface area (Å²) in [7, 11) is 0. The Balaban J connectivity index is 1.90. The summed E-state index contributed by atoms with van der Waals surface area (Å²) in [6.45, 7) is 6.14. The first-order chi connectivity index (χ1) is 11.1. The number of carbonyl (C=O) groups excluding carboxylic acids is 1. The van der Waals surface area contributed by atoms with E-state index in [0.717, 1.165) is 29.8 Å². The van der Waals surface area contributed by atoms with Gasteiger partial charge in [-0.05, 0) is 43.7 Å². The van der Waals surface area contributed by atoms with Crippen molar-refractivity contribution in [3.8, 4) is 5.69 Å². The van der Waals surface area contributed by atoms with Gasteiger partial charge in [-0.1, -0.05) is 25.5 Å². The Morgan fingerprint density at radius 1 is 1.30 bits per heavy atom. The van der Waals surface area contributed by atoms with Crippen molar-refractivity contribution in [2.75, 3.05) is 5.75 Å². The van der Waals surface area contributed by atoms with Crippen LogP contribution in [-0.2, 0) is 4.79 Å². The van der Waals surface area contributed by atoms with Crippen LogP contribution in [0, 0.1) is 0 Å². The summed E-state index contributed by atoms with van der Waals surface area (Å²) in [5, 5.41) is 7.17. The molecule has 0 unspecified atom stereocenters. The van der Waals surface area contributed by atoms with Crippen molar-refractivity contribution < 1.29 is 4.79 Å². The van der Waals surface area contributed by atoms with Crippen molar-refractivity contribution in [1.82, 2.24) is 20.1 Å².